The number of aromatic nitrogens is 1. The van der Waals surface area contributed by atoms with Crippen LogP contribution in [0.4, 0.5) is 4.39 Å². The molecule has 0 aliphatic heterocycles. The molecule has 0 saturated carbocycles. The van der Waals surface area contributed by atoms with E-state index in [1.807, 2.05) is 0 Å². The zero-order valence-electron chi connectivity index (χ0n) is 9.96. The lowest BCUT2D eigenvalue weighted by molar-refractivity contribution is 0.0693. The molecule has 0 saturated heterocycles. The average Bonchev–Trinajstić information content (AvgIpc) is 2.41. The highest BCUT2D eigenvalue weighted by Crippen LogP contribution is 2.25. The monoisotopic (exact) mass is 263 g/mol. The van der Waals surface area contributed by atoms with E-state index in [9.17, 15) is 9.18 Å². The second kappa shape index (κ2) is 5.34. The number of hydrogen-bond donors (Lipinski definition) is 1. The number of carboxylic acids is 1. The molecule has 0 atom stereocenters. The third kappa shape index (κ3) is 2.98. The molecule has 0 aliphatic rings. The molecular weight excluding hydrogens is 253 g/mol. The highest BCUT2D eigenvalue weighted by Gasteiger charge is 2.13. The lowest BCUT2D eigenvalue weighted by atomic mass is 10.2. The predicted octanol–water partition coefficient (Wildman–Crippen LogP) is 2.72. The van der Waals surface area contributed by atoms with E-state index < -0.39 is 11.8 Å². The van der Waals surface area contributed by atoms with Crippen LogP contribution in [0, 0.1) is 5.82 Å². The number of ether oxygens (including phenoxy) is 2. The molecule has 5 nitrogen and oxygen atoms in total. The first-order valence-corrected chi connectivity index (χ1v) is 5.31. The van der Waals surface area contributed by atoms with Gasteiger partial charge in [0.25, 0.3) is 0 Å². The number of benzene rings is 1. The van der Waals surface area contributed by atoms with Gasteiger partial charge >= 0.3 is 5.97 Å². The largest absolute Gasteiger partial charge is 0.495 e. The van der Waals surface area contributed by atoms with E-state index in [0.29, 0.717) is 5.75 Å². The number of carboxylic acid groups (broad SMARTS) is 1. The Balaban J connectivity index is 2.29. The highest BCUT2D eigenvalue weighted by atomic mass is 19.1. The minimum absolute atomic E-state index is 0.0200. The van der Waals surface area contributed by atoms with Gasteiger partial charge in [-0.15, -0.1) is 0 Å². The minimum Gasteiger partial charge on any atom is -0.495 e. The number of nitrogens with zero attached hydrogens (tertiary/aromatic N) is 1. The van der Waals surface area contributed by atoms with Crippen molar-refractivity contribution in [3.05, 3.63) is 47.9 Å². The molecule has 1 N–H and O–H groups in total. The molecule has 0 bridgehead atoms. The molecule has 6 heteroatoms. The first kappa shape index (κ1) is 12.8. The fourth-order valence-electron chi connectivity index (χ4n) is 1.42. The third-order valence-electron chi connectivity index (χ3n) is 2.33. The molecule has 0 amide bonds. The Bertz CT molecular complexity index is 598. The van der Waals surface area contributed by atoms with Crippen molar-refractivity contribution >= 4 is 5.97 Å². The van der Waals surface area contributed by atoms with Gasteiger partial charge in [-0.1, -0.05) is 0 Å². The second-order valence-electron chi connectivity index (χ2n) is 3.58. The van der Waals surface area contributed by atoms with Gasteiger partial charge in [0.1, 0.15) is 22.9 Å². The van der Waals surface area contributed by atoms with E-state index in [2.05, 4.69) is 4.98 Å². The summed E-state index contributed by atoms with van der Waals surface area (Å²) in [4.78, 5) is 14.9. The molecule has 0 spiro atoms. The number of hydrogen-bond acceptors (Lipinski definition) is 4. The van der Waals surface area contributed by atoms with Crippen LogP contribution < -0.4 is 9.47 Å². The molecular formula is C13H10FNO4. The number of rotatable bonds is 4. The van der Waals surface area contributed by atoms with Crippen LogP contribution in [-0.2, 0) is 0 Å². The maximum Gasteiger partial charge on any atom is 0.339 e. The minimum atomic E-state index is -1.27. The fourth-order valence-corrected chi connectivity index (χ4v) is 1.42. The molecule has 1 aromatic heterocycles. The number of aromatic carboxylic acids is 1. The number of pyridine rings is 1. The van der Waals surface area contributed by atoms with Crippen LogP contribution in [0.25, 0.3) is 0 Å². The maximum absolute atomic E-state index is 13.0. The molecule has 98 valence electrons. The molecule has 19 heavy (non-hydrogen) atoms. The first-order valence-electron chi connectivity index (χ1n) is 5.31. The number of carbonyl (C=O) groups is 1. The first-order chi connectivity index (χ1) is 9.10. The topological polar surface area (TPSA) is 68.7 Å². The van der Waals surface area contributed by atoms with Gasteiger partial charge in [-0.2, -0.15) is 0 Å². The quantitative estimate of drug-likeness (QED) is 0.918. The Morgan fingerprint density at radius 3 is 2.68 bits per heavy atom. The van der Waals surface area contributed by atoms with Crippen molar-refractivity contribution in [2.45, 2.75) is 0 Å². The van der Waals surface area contributed by atoms with E-state index in [-0.39, 0.29) is 17.2 Å². The molecule has 0 radical (unpaired) electrons. The van der Waals surface area contributed by atoms with Crippen molar-refractivity contribution in [1.29, 1.82) is 0 Å². The van der Waals surface area contributed by atoms with E-state index >= 15 is 0 Å². The summed E-state index contributed by atoms with van der Waals surface area (Å²) in [6.45, 7) is 0. The van der Waals surface area contributed by atoms with Crippen molar-refractivity contribution < 1.29 is 23.8 Å². The number of halogens is 1. The van der Waals surface area contributed by atoms with Crippen molar-refractivity contribution in [1.82, 2.24) is 4.98 Å². The fraction of sp³-hybridized carbons (Fsp3) is 0.0769. The van der Waals surface area contributed by atoms with E-state index in [1.54, 1.807) is 6.07 Å². The van der Waals surface area contributed by atoms with Crippen molar-refractivity contribution in [3.8, 4) is 17.4 Å². The predicted molar refractivity (Wildman–Crippen MR) is 64.2 cm³/mol. The van der Waals surface area contributed by atoms with Crippen molar-refractivity contribution in [2.75, 3.05) is 7.11 Å². The molecule has 1 aromatic carbocycles. The summed E-state index contributed by atoms with van der Waals surface area (Å²) in [6.07, 6.45) is 1.43. The summed E-state index contributed by atoms with van der Waals surface area (Å²) in [7, 11) is 1.50. The Kier molecular flexibility index (Phi) is 3.61. The van der Waals surface area contributed by atoms with Crippen molar-refractivity contribution in [3.63, 3.8) is 0 Å². The molecule has 2 aromatic rings. The normalized spacial score (nSPS) is 10.0. The zero-order chi connectivity index (χ0) is 13.8. The average molecular weight is 263 g/mol. The Morgan fingerprint density at radius 1 is 1.32 bits per heavy atom. The lowest BCUT2D eigenvalue weighted by Gasteiger charge is -2.08. The summed E-state index contributed by atoms with van der Waals surface area (Å²) in [5, 5.41) is 8.96. The Labute approximate surface area is 108 Å². The van der Waals surface area contributed by atoms with E-state index in [0.717, 1.165) is 12.1 Å². The summed E-state index contributed by atoms with van der Waals surface area (Å²) in [5.41, 5.74) is -0.266. The number of methoxy groups -OCH3 is 1. The zero-order valence-corrected chi connectivity index (χ0v) is 9.96. The lowest BCUT2D eigenvalue weighted by Crippen LogP contribution is -2.01. The van der Waals surface area contributed by atoms with Gasteiger partial charge in [0.05, 0.1) is 13.3 Å². The standard InChI is InChI=1S/C13H10FNO4/c1-18-9-3-5-12(15-7-9)19-11-4-2-8(14)6-10(11)13(16)17/h2-7H,1H3,(H,16,17). The SMILES string of the molecule is COc1ccc(Oc2ccc(F)cc2C(=O)O)nc1. The van der Waals surface area contributed by atoms with Crippen LogP contribution in [0.15, 0.2) is 36.5 Å². The van der Waals surface area contributed by atoms with E-state index in [4.69, 9.17) is 14.6 Å². The van der Waals surface area contributed by atoms with Gasteiger partial charge in [-0.05, 0) is 24.3 Å². The molecule has 1 heterocycles. The van der Waals surface area contributed by atoms with Gasteiger partial charge in [0, 0.05) is 6.07 Å². The van der Waals surface area contributed by atoms with Crippen LogP contribution in [0.5, 0.6) is 17.4 Å². The van der Waals surface area contributed by atoms with Gasteiger partial charge in [-0.25, -0.2) is 14.2 Å². The van der Waals surface area contributed by atoms with Gasteiger partial charge in [0.15, 0.2) is 0 Å². The molecule has 0 fully saturated rings. The highest BCUT2D eigenvalue weighted by molar-refractivity contribution is 5.90. The summed E-state index contributed by atoms with van der Waals surface area (Å²) in [5.74, 6) is -1.16. The van der Waals surface area contributed by atoms with Crippen LogP contribution >= 0.6 is 0 Å². The third-order valence-corrected chi connectivity index (χ3v) is 2.33. The summed E-state index contributed by atoms with van der Waals surface area (Å²) in [6, 6.07) is 6.39. The Morgan fingerprint density at radius 2 is 2.11 bits per heavy atom. The summed E-state index contributed by atoms with van der Waals surface area (Å²) >= 11 is 0. The van der Waals surface area contributed by atoms with Gasteiger partial charge in [0.2, 0.25) is 5.88 Å². The smallest absolute Gasteiger partial charge is 0.339 e. The maximum atomic E-state index is 13.0. The van der Waals surface area contributed by atoms with Crippen LogP contribution in [0.2, 0.25) is 0 Å². The molecule has 2 rings (SSSR count). The Hall–Kier alpha value is -2.63. The van der Waals surface area contributed by atoms with E-state index in [1.165, 1.54) is 25.4 Å². The van der Waals surface area contributed by atoms with Gasteiger partial charge < -0.3 is 14.6 Å². The molecule has 0 aliphatic carbocycles. The van der Waals surface area contributed by atoms with Gasteiger partial charge in [-0.3, -0.25) is 0 Å². The van der Waals surface area contributed by atoms with Crippen LogP contribution in [0.3, 0.4) is 0 Å². The second-order valence-corrected chi connectivity index (χ2v) is 3.58. The van der Waals surface area contributed by atoms with Crippen LogP contribution in [0.1, 0.15) is 10.4 Å². The van der Waals surface area contributed by atoms with Crippen molar-refractivity contribution in [2.24, 2.45) is 0 Å². The molecule has 0 unspecified atom stereocenters. The van der Waals surface area contributed by atoms with Crippen LogP contribution in [-0.4, -0.2) is 23.2 Å². The summed E-state index contributed by atoms with van der Waals surface area (Å²) < 4.78 is 23.2.